The van der Waals surface area contributed by atoms with Gasteiger partial charge in [-0.3, -0.25) is 9.52 Å². The van der Waals surface area contributed by atoms with Crippen LogP contribution in [-0.4, -0.2) is 50.0 Å². The molecule has 2 heterocycles. The fourth-order valence-corrected chi connectivity index (χ4v) is 4.25. The van der Waals surface area contributed by atoms with Gasteiger partial charge in [0.1, 0.15) is 0 Å². The molecule has 2 aromatic rings. The maximum atomic E-state index is 13.1. The number of aromatic nitrogens is 1. The van der Waals surface area contributed by atoms with Crippen molar-refractivity contribution in [2.24, 2.45) is 0 Å². The molecule has 1 aliphatic heterocycles. The van der Waals surface area contributed by atoms with Crippen LogP contribution in [0, 0.1) is 0 Å². The number of carbonyl (C=O) groups is 1. The summed E-state index contributed by atoms with van der Waals surface area (Å²) >= 11 is 5.91. The van der Waals surface area contributed by atoms with Gasteiger partial charge in [0.15, 0.2) is 5.69 Å². The van der Waals surface area contributed by atoms with E-state index in [9.17, 15) is 26.4 Å². The van der Waals surface area contributed by atoms with E-state index in [0.717, 1.165) is 18.2 Å². The van der Waals surface area contributed by atoms with E-state index < -0.39 is 38.3 Å². The summed E-state index contributed by atoms with van der Waals surface area (Å²) in [5.74, 6) is -0.571. The molecule has 1 amide bonds. The first-order valence-electron chi connectivity index (χ1n) is 8.94. The number of hydrogen-bond donors (Lipinski definition) is 2. The third kappa shape index (κ3) is 5.02. The van der Waals surface area contributed by atoms with Crippen LogP contribution in [0.5, 0.6) is 0 Å². The summed E-state index contributed by atoms with van der Waals surface area (Å²) in [7, 11) is -4.53. The number of benzene rings is 1. The Morgan fingerprint density at radius 2 is 2.06 bits per heavy atom. The molecule has 0 radical (unpaired) electrons. The minimum absolute atomic E-state index is 0.0255. The zero-order valence-corrected chi connectivity index (χ0v) is 17.7. The number of nitrogens with zero attached hydrogens (tertiary/aromatic N) is 2. The molecule has 168 valence electrons. The molecule has 8 nitrogen and oxygen atoms in total. The number of alkyl halides is 3. The lowest BCUT2D eigenvalue weighted by molar-refractivity contribution is -0.137. The van der Waals surface area contributed by atoms with Gasteiger partial charge in [-0.1, -0.05) is 11.6 Å². The molecular weight excluding hydrogens is 461 g/mol. The number of halogens is 4. The van der Waals surface area contributed by atoms with Crippen LogP contribution in [0.25, 0.3) is 0 Å². The highest BCUT2D eigenvalue weighted by atomic mass is 35.5. The van der Waals surface area contributed by atoms with Crippen molar-refractivity contribution in [2.75, 3.05) is 30.2 Å². The predicted octanol–water partition coefficient (Wildman–Crippen LogP) is 3.00. The Bertz CT molecular complexity index is 1110. The maximum Gasteiger partial charge on any atom is 0.418 e. The Balaban J connectivity index is 1.99. The number of nitrogens with two attached hydrogens (primary N) is 1. The van der Waals surface area contributed by atoms with Crippen molar-refractivity contribution in [2.45, 2.75) is 24.0 Å². The zero-order valence-electron chi connectivity index (χ0n) is 16.1. The van der Waals surface area contributed by atoms with Crippen molar-refractivity contribution < 1.29 is 31.1 Å². The van der Waals surface area contributed by atoms with E-state index in [-0.39, 0.29) is 29.0 Å². The van der Waals surface area contributed by atoms with E-state index in [1.807, 2.05) is 0 Å². The van der Waals surface area contributed by atoms with E-state index in [4.69, 9.17) is 22.1 Å². The number of amides is 1. The van der Waals surface area contributed by atoms with E-state index in [1.54, 1.807) is 6.92 Å². The molecule has 1 aromatic carbocycles. The van der Waals surface area contributed by atoms with Gasteiger partial charge in [0.25, 0.3) is 15.9 Å². The average Bonchev–Trinajstić information content (AvgIpc) is 2.67. The highest BCUT2D eigenvalue weighted by Gasteiger charge is 2.35. The van der Waals surface area contributed by atoms with Crippen molar-refractivity contribution in [3.63, 3.8) is 0 Å². The van der Waals surface area contributed by atoms with E-state index >= 15 is 0 Å². The van der Waals surface area contributed by atoms with Crippen molar-refractivity contribution >= 4 is 38.9 Å². The van der Waals surface area contributed by atoms with E-state index in [0.29, 0.717) is 19.3 Å². The van der Waals surface area contributed by atoms with Gasteiger partial charge in [-0.2, -0.15) is 13.2 Å². The second-order valence-corrected chi connectivity index (χ2v) is 8.94. The molecule has 1 atom stereocenters. The average molecular weight is 479 g/mol. The van der Waals surface area contributed by atoms with Crippen LogP contribution in [-0.2, 0) is 20.9 Å². The number of nitrogen functional groups attached to an aromatic ring is 1. The van der Waals surface area contributed by atoms with Crippen molar-refractivity contribution in [3.8, 4) is 0 Å². The number of morpholine rings is 1. The minimum Gasteiger partial charge on any atom is -0.398 e. The van der Waals surface area contributed by atoms with Gasteiger partial charge < -0.3 is 15.4 Å². The van der Waals surface area contributed by atoms with Crippen molar-refractivity contribution in [1.82, 2.24) is 9.88 Å². The van der Waals surface area contributed by atoms with Gasteiger partial charge in [-0.25, -0.2) is 13.4 Å². The summed E-state index contributed by atoms with van der Waals surface area (Å²) in [6, 6.07) is 3.06. The van der Waals surface area contributed by atoms with Gasteiger partial charge in [0, 0.05) is 18.4 Å². The second kappa shape index (κ2) is 8.52. The topological polar surface area (TPSA) is 115 Å². The third-order valence-corrected chi connectivity index (χ3v) is 6.14. The minimum atomic E-state index is -4.85. The van der Waals surface area contributed by atoms with Crippen LogP contribution >= 0.6 is 11.6 Å². The summed E-state index contributed by atoms with van der Waals surface area (Å²) in [5.41, 5.74) is 2.91. The first-order chi connectivity index (χ1) is 14.4. The maximum absolute atomic E-state index is 13.1. The molecule has 1 unspecified atom stereocenters. The van der Waals surface area contributed by atoms with Crippen molar-refractivity contribution in [1.29, 1.82) is 0 Å². The molecule has 3 rings (SSSR count). The summed E-state index contributed by atoms with van der Waals surface area (Å²) < 4.78 is 72.3. The van der Waals surface area contributed by atoms with Gasteiger partial charge in [0.2, 0.25) is 0 Å². The molecule has 13 heteroatoms. The number of ether oxygens (including phenoxy) is 1. The number of hydrogen-bond acceptors (Lipinski definition) is 6. The highest BCUT2D eigenvalue weighted by Crippen LogP contribution is 2.35. The highest BCUT2D eigenvalue weighted by molar-refractivity contribution is 7.92. The molecule has 0 bridgehead atoms. The van der Waals surface area contributed by atoms with Crippen molar-refractivity contribution in [3.05, 3.63) is 46.7 Å². The summed E-state index contributed by atoms with van der Waals surface area (Å²) in [6.07, 6.45) is -3.68. The molecule has 0 aliphatic carbocycles. The molecule has 1 saturated heterocycles. The molecule has 0 saturated carbocycles. The fourth-order valence-electron chi connectivity index (χ4n) is 3.00. The molecular formula is C18H18ClF3N4O4S. The monoisotopic (exact) mass is 478 g/mol. The number of anilines is 2. The Hall–Kier alpha value is -2.57. The van der Waals surface area contributed by atoms with Gasteiger partial charge in [-0.05, 0) is 31.2 Å². The quantitative estimate of drug-likeness (QED) is 0.653. The normalized spacial score (nSPS) is 17.5. The van der Waals surface area contributed by atoms with E-state index in [1.165, 1.54) is 11.1 Å². The molecule has 31 heavy (non-hydrogen) atoms. The first-order valence-corrected chi connectivity index (χ1v) is 10.8. The standard InChI is InChI=1S/C18H18ClF3N4O4S/c1-10-9-30-5-4-26(10)17(27)16-15(6-11(19)8-24-16)25-31(28,29)12-2-3-14(23)13(7-12)18(20,21)22/h2-3,6-8,10,25H,4-5,9,23H2,1H3. The van der Waals surface area contributed by atoms with Crippen LogP contribution in [0.3, 0.4) is 0 Å². The third-order valence-electron chi connectivity index (χ3n) is 4.57. The van der Waals surface area contributed by atoms with Crippen LogP contribution in [0.2, 0.25) is 5.02 Å². The summed E-state index contributed by atoms with van der Waals surface area (Å²) in [4.78, 5) is 17.7. The second-order valence-electron chi connectivity index (χ2n) is 6.82. The van der Waals surface area contributed by atoms with E-state index in [2.05, 4.69) is 9.71 Å². The smallest absolute Gasteiger partial charge is 0.398 e. The Morgan fingerprint density at radius 3 is 2.71 bits per heavy atom. The summed E-state index contributed by atoms with van der Waals surface area (Å²) in [6.45, 7) is 2.62. The zero-order chi connectivity index (χ0) is 23.0. The number of carbonyl (C=O) groups excluding carboxylic acids is 1. The lowest BCUT2D eigenvalue weighted by Gasteiger charge is -2.33. The Kier molecular flexibility index (Phi) is 6.35. The van der Waals surface area contributed by atoms with Crippen LogP contribution in [0.4, 0.5) is 24.5 Å². The Labute approximate surface area is 181 Å². The van der Waals surface area contributed by atoms with Crippen LogP contribution in [0.15, 0.2) is 35.4 Å². The largest absolute Gasteiger partial charge is 0.418 e. The van der Waals surface area contributed by atoms with Crippen LogP contribution in [0.1, 0.15) is 23.0 Å². The van der Waals surface area contributed by atoms with Crippen LogP contribution < -0.4 is 10.5 Å². The predicted molar refractivity (Wildman–Crippen MR) is 107 cm³/mol. The van der Waals surface area contributed by atoms with Gasteiger partial charge >= 0.3 is 6.18 Å². The van der Waals surface area contributed by atoms with Gasteiger partial charge in [-0.15, -0.1) is 0 Å². The van der Waals surface area contributed by atoms with Gasteiger partial charge in [0.05, 0.1) is 40.4 Å². The lowest BCUT2D eigenvalue weighted by Crippen LogP contribution is -2.47. The fraction of sp³-hybridized carbons (Fsp3) is 0.333. The molecule has 1 aromatic heterocycles. The number of pyridine rings is 1. The molecule has 0 spiro atoms. The Morgan fingerprint density at radius 1 is 1.35 bits per heavy atom. The number of sulfonamides is 1. The molecule has 1 fully saturated rings. The lowest BCUT2D eigenvalue weighted by atomic mass is 10.2. The molecule has 3 N–H and O–H groups in total. The number of nitrogens with one attached hydrogen (secondary N) is 1. The first kappa shape index (κ1) is 23.1. The number of rotatable bonds is 4. The SMILES string of the molecule is CC1COCCN1C(=O)c1ncc(Cl)cc1NS(=O)(=O)c1ccc(N)c(C(F)(F)F)c1. The summed E-state index contributed by atoms with van der Waals surface area (Å²) in [5, 5.41) is 0.0255. The molecule has 1 aliphatic rings.